The Morgan fingerprint density at radius 1 is 1.41 bits per heavy atom. The fourth-order valence-electron chi connectivity index (χ4n) is 1.44. The van der Waals surface area contributed by atoms with Gasteiger partial charge in [-0.3, -0.25) is 0 Å². The van der Waals surface area contributed by atoms with Crippen molar-refractivity contribution in [3.63, 3.8) is 0 Å². The Morgan fingerprint density at radius 3 is 3.00 bits per heavy atom. The molecule has 0 aliphatic carbocycles. The van der Waals surface area contributed by atoms with Gasteiger partial charge in [-0.2, -0.15) is 0 Å². The molecule has 0 bridgehead atoms. The molecule has 0 radical (unpaired) electrons. The third kappa shape index (κ3) is 3.39. The van der Waals surface area contributed by atoms with Crippen LogP contribution in [0.25, 0.3) is 0 Å². The first-order valence-corrected chi connectivity index (χ1v) is 6.41. The molecule has 17 heavy (non-hydrogen) atoms. The number of hydrogen-bond donors (Lipinski definition) is 2. The van der Waals surface area contributed by atoms with Gasteiger partial charge in [0.25, 0.3) is 0 Å². The lowest BCUT2D eigenvalue weighted by Gasteiger charge is -2.06. The molecule has 2 heterocycles. The normalized spacial score (nSPS) is 10.4. The third-order valence-corrected chi connectivity index (χ3v) is 3.08. The molecule has 0 fully saturated rings. The Balaban J connectivity index is 1.92. The molecule has 6 heteroatoms. The van der Waals surface area contributed by atoms with Crippen molar-refractivity contribution >= 4 is 23.0 Å². The van der Waals surface area contributed by atoms with Crippen LogP contribution in [0.15, 0.2) is 17.6 Å². The zero-order chi connectivity index (χ0) is 12.1. The molecule has 0 saturated carbocycles. The molecule has 2 aromatic rings. The number of hydrogen-bond acceptors (Lipinski definition) is 6. The van der Waals surface area contributed by atoms with Crippen molar-refractivity contribution < 1.29 is 0 Å². The number of aryl methyl sites for hydroxylation is 1. The standard InChI is InChI=1S/C11H15N5S/c1-2-9-15-8(12)7-10(16-9)13-4-3-11-14-5-6-17-11/h5-7H,2-4H2,1H3,(H3,12,13,15,16). The number of anilines is 2. The van der Waals surface area contributed by atoms with Gasteiger partial charge in [-0.05, 0) is 0 Å². The van der Waals surface area contributed by atoms with Crippen molar-refractivity contribution in [2.75, 3.05) is 17.6 Å². The molecule has 0 unspecified atom stereocenters. The summed E-state index contributed by atoms with van der Waals surface area (Å²) < 4.78 is 0. The van der Waals surface area contributed by atoms with Crippen LogP contribution in [0.4, 0.5) is 11.6 Å². The van der Waals surface area contributed by atoms with Crippen LogP contribution in [0.2, 0.25) is 0 Å². The van der Waals surface area contributed by atoms with E-state index in [0.29, 0.717) is 5.82 Å². The maximum Gasteiger partial charge on any atom is 0.132 e. The molecule has 0 aliphatic heterocycles. The van der Waals surface area contributed by atoms with E-state index in [0.717, 1.165) is 36.0 Å². The van der Waals surface area contributed by atoms with Gasteiger partial charge in [-0.1, -0.05) is 6.92 Å². The van der Waals surface area contributed by atoms with Crippen molar-refractivity contribution in [3.8, 4) is 0 Å². The van der Waals surface area contributed by atoms with Gasteiger partial charge in [0.15, 0.2) is 0 Å². The summed E-state index contributed by atoms with van der Waals surface area (Å²) >= 11 is 1.66. The number of nitrogens with zero attached hydrogens (tertiary/aromatic N) is 3. The second-order valence-electron chi connectivity index (χ2n) is 3.55. The Labute approximate surface area is 104 Å². The quantitative estimate of drug-likeness (QED) is 0.844. The summed E-state index contributed by atoms with van der Waals surface area (Å²) in [6.07, 6.45) is 3.49. The van der Waals surface area contributed by atoms with Gasteiger partial charge >= 0.3 is 0 Å². The fourth-order valence-corrected chi connectivity index (χ4v) is 2.06. The van der Waals surface area contributed by atoms with Gasteiger partial charge in [0.1, 0.15) is 17.5 Å². The van der Waals surface area contributed by atoms with Crippen molar-refractivity contribution in [2.45, 2.75) is 19.8 Å². The van der Waals surface area contributed by atoms with E-state index in [2.05, 4.69) is 20.3 Å². The first-order chi connectivity index (χ1) is 8.28. The van der Waals surface area contributed by atoms with E-state index in [1.807, 2.05) is 18.5 Å². The van der Waals surface area contributed by atoms with Crippen LogP contribution in [0.3, 0.4) is 0 Å². The topological polar surface area (TPSA) is 76.7 Å². The Kier molecular flexibility index (Phi) is 3.87. The van der Waals surface area contributed by atoms with Crippen LogP contribution in [-0.2, 0) is 12.8 Å². The molecule has 0 aliphatic rings. The minimum Gasteiger partial charge on any atom is -0.384 e. The molecule has 5 nitrogen and oxygen atoms in total. The molecule has 90 valence electrons. The monoisotopic (exact) mass is 249 g/mol. The Hall–Kier alpha value is -1.69. The molecule has 0 saturated heterocycles. The van der Waals surface area contributed by atoms with Crippen LogP contribution >= 0.6 is 11.3 Å². The molecule has 0 aromatic carbocycles. The molecule has 0 spiro atoms. The van der Waals surface area contributed by atoms with Crippen LogP contribution < -0.4 is 11.1 Å². The molecule has 2 aromatic heterocycles. The predicted molar refractivity (Wildman–Crippen MR) is 70.1 cm³/mol. The minimum atomic E-state index is 0.508. The summed E-state index contributed by atoms with van der Waals surface area (Å²) in [5, 5.41) is 6.33. The molecule has 3 N–H and O–H groups in total. The van der Waals surface area contributed by atoms with E-state index in [4.69, 9.17) is 5.73 Å². The lowest BCUT2D eigenvalue weighted by Crippen LogP contribution is -2.09. The molecule has 0 atom stereocenters. The third-order valence-electron chi connectivity index (χ3n) is 2.24. The SMILES string of the molecule is CCc1nc(N)cc(NCCc2nccs2)n1. The highest BCUT2D eigenvalue weighted by Crippen LogP contribution is 2.10. The summed E-state index contributed by atoms with van der Waals surface area (Å²) in [7, 11) is 0. The summed E-state index contributed by atoms with van der Waals surface area (Å²) in [6.45, 7) is 2.81. The second-order valence-corrected chi connectivity index (χ2v) is 4.53. The van der Waals surface area contributed by atoms with Gasteiger partial charge in [0.05, 0.1) is 5.01 Å². The maximum absolute atomic E-state index is 5.70. The van der Waals surface area contributed by atoms with E-state index in [9.17, 15) is 0 Å². The summed E-state index contributed by atoms with van der Waals surface area (Å²) in [5.74, 6) is 2.06. The maximum atomic E-state index is 5.70. The van der Waals surface area contributed by atoms with Crippen molar-refractivity contribution in [2.24, 2.45) is 0 Å². The van der Waals surface area contributed by atoms with Crippen LogP contribution in [0.5, 0.6) is 0 Å². The van der Waals surface area contributed by atoms with Crippen molar-refractivity contribution in [3.05, 3.63) is 28.5 Å². The van der Waals surface area contributed by atoms with Gasteiger partial charge in [0.2, 0.25) is 0 Å². The average Bonchev–Trinajstić information content (AvgIpc) is 2.81. The fraction of sp³-hybridized carbons (Fsp3) is 0.364. The van der Waals surface area contributed by atoms with Gasteiger partial charge < -0.3 is 11.1 Å². The van der Waals surface area contributed by atoms with E-state index in [1.165, 1.54) is 0 Å². The lowest BCUT2D eigenvalue weighted by atomic mass is 10.4. The first-order valence-electron chi connectivity index (χ1n) is 5.53. The lowest BCUT2D eigenvalue weighted by molar-refractivity contribution is 0.927. The zero-order valence-corrected chi connectivity index (χ0v) is 10.5. The summed E-state index contributed by atoms with van der Waals surface area (Å²) in [5.41, 5.74) is 5.70. The van der Waals surface area contributed by atoms with Gasteiger partial charge in [-0.15, -0.1) is 11.3 Å². The summed E-state index contributed by atoms with van der Waals surface area (Å²) in [6, 6.07) is 1.75. The van der Waals surface area contributed by atoms with E-state index < -0.39 is 0 Å². The van der Waals surface area contributed by atoms with Crippen molar-refractivity contribution in [1.29, 1.82) is 0 Å². The molecule has 2 rings (SSSR count). The average molecular weight is 249 g/mol. The molecular weight excluding hydrogens is 234 g/mol. The van der Waals surface area contributed by atoms with E-state index in [-0.39, 0.29) is 0 Å². The summed E-state index contributed by atoms with van der Waals surface area (Å²) in [4.78, 5) is 12.7. The first kappa shape index (κ1) is 11.8. The van der Waals surface area contributed by atoms with Crippen LogP contribution in [-0.4, -0.2) is 21.5 Å². The van der Waals surface area contributed by atoms with Gasteiger partial charge in [0, 0.05) is 37.0 Å². The highest BCUT2D eigenvalue weighted by atomic mass is 32.1. The number of nitrogen functional groups attached to an aromatic ring is 1. The highest BCUT2D eigenvalue weighted by molar-refractivity contribution is 7.09. The number of thiazole rings is 1. The largest absolute Gasteiger partial charge is 0.384 e. The smallest absolute Gasteiger partial charge is 0.132 e. The number of nitrogens with one attached hydrogen (secondary N) is 1. The highest BCUT2D eigenvalue weighted by Gasteiger charge is 2.01. The van der Waals surface area contributed by atoms with Crippen molar-refractivity contribution in [1.82, 2.24) is 15.0 Å². The van der Waals surface area contributed by atoms with E-state index in [1.54, 1.807) is 17.4 Å². The number of nitrogens with two attached hydrogens (primary N) is 1. The van der Waals surface area contributed by atoms with Crippen LogP contribution in [0.1, 0.15) is 17.8 Å². The number of aromatic nitrogens is 3. The Morgan fingerprint density at radius 2 is 2.29 bits per heavy atom. The van der Waals surface area contributed by atoms with Gasteiger partial charge in [-0.25, -0.2) is 15.0 Å². The second kappa shape index (κ2) is 5.58. The van der Waals surface area contributed by atoms with Crippen LogP contribution in [0, 0.1) is 0 Å². The number of rotatable bonds is 5. The predicted octanol–water partition coefficient (Wildman–Crippen LogP) is 1.73. The Bertz CT molecular complexity index is 469. The van der Waals surface area contributed by atoms with E-state index >= 15 is 0 Å². The molecule has 0 amide bonds. The molecular formula is C11H15N5S. The minimum absolute atomic E-state index is 0.508. The zero-order valence-electron chi connectivity index (χ0n) is 9.68.